The number of methoxy groups -OCH3 is 1. The molecule has 1 atom stereocenters. The summed E-state index contributed by atoms with van der Waals surface area (Å²) >= 11 is 6.32. The fourth-order valence-corrected chi connectivity index (χ4v) is 5.71. The molecule has 0 spiro atoms. The Kier molecular flexibility index (Phi) is 7.88. The second-order valence-electron chi connectivity index (χ2n) is 10.1. The van der Waals surface area contributed by atoms with E-state index in [2.05, 4.69) is 20.6 Å². The number of anilines is 3. The first-order chi connectivity index (χ1) is 19.3. The van der Waals surface area contributed by atoms with Gasteiger partial charge in [-0.1, -0.05) is 11.6 Å². The lowest BCUT2D eigenvalue weighted by molar-refractivity contribution is -0.122. The molecular weight excluding hydrogens is 541 g/mol. The average Bonchev–Trinajstić information content (AvgIpc) is 3.31. The molecule has 4 N–H and O–H groups in total. The van der Waals surface area contributed by atoms with Crippen LogP contribution in [0.5, 0.6) is 0 Å². The highest BCUT2D eigenvalue weighted by Gasteiger charge is 2.30. The summed E-state index contributed by atoms with van der Waals surface area (Å²) in [6.07, 6.45) is 5.33. The van der Waals surface area contributed by atoms with Crippen LogP contribution in [0.3, 0.4) is 0 Å². The molecular formula is C26H29ClFN9O3. The Morgan fingerprint density at radius 2 is 2.00 bits per heavy atom. The van der Waals surface area contributed by atoms with Gasteiger partial charge < -0.3 is 26.0 Å². The molecule has 0 bridgehead atoms. The lowest BCUT2D eigenvalue weighted by Crippen LogP contribution is -2.45. The normalized spacial score (nSPS) is 21.1. The fraction of sp³-hybridized carbons (Fsp3) is 0.462. The third-order valence-corrected chi connectivity index (χ3v) is 7.79. The van der Waals surface area contributed by atoms with Gasteiger partial charge in [-0.15, -0.1) is 0 Å². The monoisotopic (exact) mass is 569 g/mol. The minimum atomic E-state index is -0.694. The van der Waals surface area contributed by atoms with Crippen molar-refractivity contribution in [2.45, 2.75) is 50.6 Å². The van der Waals surface area contributed by atoms with E-state index in [9.17, 15) is 14.0 Å². The predicted octanol–water partition coefficient (Wildman–Crippen LogP) is 4.09. The van der Waals surface area contributed by atoms with Crippen molar-refractivity contribution in [3.63, 3.8) is 0 Å². The van der Waals surface area contributed by atoms with Crippen molar-refractivity contribution in [1.29, 1.82) is 5.26 Å². The Balaban J connectivity index is 1.49. The topological polar surface area (TPSA) is 164 Å². The number of piperidine rings is 1. The van der Waals surface area contributed by atoms with Crippen LogP contribution in [-0.4, -0.2) is 62.7 Å². The Morgan fingerprint density at radius 3 is 2.67 bits per heavy atom. The van der Waals surface area contributed by atoms with Crippen molar-refractivity contribution >= 4 is 52.3 Å². The molecule has 5 rings (SSSR count). The fourth-order valence-electron chi connectivity index (χ4n) is 5.45. The lowest BCUT2D eigenvalue weighted by Gasteiger charge is -2.32. The Labute approximate surface area is 234 Å². The zero-order valence-corrected chi connectivity index (χ0v) is 22.6. The molecule has 1 aliphatic carbocycles. The molecule has 1 saturated carbocycles. The van der Waals surface area contributed by atoms with Crippen LogP contribution in [0.1, 0.15) is 50.1 Å². The molecule has 3 aromatic rings. The van der Waals surface area contributed by atoms with Gasteiger partial charge in [0.2, 0.25) is 17.8 Å². The van der Waals surface area contributed by atoms with E-state index in [1.54, 1.807) is 11.1 Å². The van der Waals surface area contributed by atoms with Gasteiger partial charge in [0.25, 0.3) is 0 Å². The molecule has 1 saturated heterocycles. The third kappa shape index (κ3) is 5.58. The number of halogens is 2. The molecule has 0 radical (unpaired) electrons. The van der Waals surface area contributed by atoms with Crippen LogP contribution >= 0.6 is 11.6 Å². The van der Waals surface area contributed by atoms with E-state index in [0.29, 0.717) is 61.8 Å². The quantitative estimate of drug-likeness (QED) is 0.396. The molecule has 210 valence electrons. The maximum absolute atomic E-state index is 14.9. The number of nitrogens with one attached hydrogen (secondary N) is 2. The van der Waals surface area contributed by atoms with E-state index < -0.39 is 5.82 Å². The van der Waals surface area contributed by atoms with Crippen molar-refractivity contribution in [2.24, 2.45) is 11.7 Å². The molecule has 12 nitrogen and oxygen atoms in total. The van der Waals surface area contributed by atoms with Crippen molar-refractivity contribution in [3.05, 3.63) is 34.7 Å². The van der Waals surface area contributed by atoms with Gasteiger partial charge in [-0.2, -0.15) is 10.2 Å². The summed E-state index contributed by atoms with van der Waals surface area (Å²) in [5, 5.41) is 15.5. The number of rotatable bonds is 6. The largest absolute Gasteiger partial charge is 0.453 e. The molecule has 1 aliphatic heterocycles. The van der Waals surface area contributed by atoms with Crippen molar-refractivity contribution < 1.29 is 18.7 Å². The van der Waals surface area contributed by atoms with Crippen molar-refractivity contribution in [1.82, 2.24) is 24.4 Å². The summed E-state index contributed by atoms with van der Waals surface area (Å²) in [5.41, 5.74) is 6.63. The van der Waals surface area contributed by atoms with Gasteiger partial charge in [0, 0.05) is 31.1 Å². The summed E-state index contributed by atoms with van der Waals surface area (Å²) in [4.78, 5) is 39.3. The lowest BCUT2D eigenvalue weighted by atomic mass is 9.85. The van der Waals surface area contributed by atoms with Crippen molar-refractivity contribution in [2.75, 3.05) is 30.8 Å². The standard InChI is InChI=1S/C26H29ClFN9O3/c1-40-26(39)36-8-2-3-16(13-36)32-24-31-12-20-23(35-24)37(17-6-4-15(5-7-17)22(30)38)25(33-20)34-21-18(27)9-14(11-29)10-19(21)28/h9-10,12,15-17H,2-8,13H2,1H3,(H2,30,38)(H,33,34)(H,31,32,35)/t15-,16-,17+/m1/s1. The number of hydrogen-bond acceptors (Lipinski definition) is 9. The Bertz CT molecular complexity index is 1460. The summed E-state index contributed by atoms with van der Waals surface area (Å²) in [7, 11) is 1.36. The predicted molar refractivity (Wildman–Crippen MR) is 146 cm³/mol. The van der Waals surface area contributed by atoms with Crippen LogP contribution in [0.15, 0.2) is 18.3 Å². The Morgan fingerprint density at radius 1 is 1.23 bits per heavy atom. The Hall–Kier alpha value is -4.18. The first kappa shape index (κ1) is 27.4. The third-order valence-electron chi connectivity index (χ3n) is 7.49. The number of primary amides is 1. The van der Waals surface area contributed by atoms with Gasteiger partial charge in [-0.25, -0.2) is 19.2 Å². The molecule has 40 heavy (non-hydrogen) atoms. The first-order valence-corrected chi connectivity index (χ1v) is 13.4. The highest BCUT2D eigenvalue weighted by atomic mass is 35.5. The number of nitrogens with two attached hydrogens (primary N) is 1. The van der Waals surface area contributed by atoms with Crippen LogP contribution in [0.2, 0.25) is 5.02 Å². The number of ether oxygens (including phenoxy) is 1. The van der Waals surface area contributed by atoms with Gasteiger partial charge in [0.15, 0.2) is 5.65 Å². The number of carbonyl (C=O) groups excluding carboxylic acids is 2. The van der Waals surface area contributed by atoms with E-state index in [1.807, 2.05) is 10.6 Å². The zero-order chi connectivity index (χ0) is 28.4. The summed E-state index contributed by atoms with van der Waals surface area (Å²) in [5.74, 6) is -0.542. The van der Waals surface area contributed by atoms with Crippen LogP contribution in [0.4, 0.5) is 26.8 Å². The molecule has 2 amide bonds. The summed E-state index contributed by atoms with van der Waals surface area (Å²) in [6, 6.07) is 4.19. The number of imidazole rings is 1. The van der Waals surface area contributed by atoms with Gasteiger partial charge in [0.1, 0.15) is 11.3 Å². The molecule has 1 aromatic carbocycles. The van der Waals surface area contributed by atoms with Crippen LogP contribution in [0, 0.1) is 23.1 Å². The van der Waals surface area contributed by atoms with Gasteiger partial charge >= 0.3 is 6.09 Å². The number of fused-ring (bicyclic) bond motifs is 1. The van der Waals surface area contributed by atoms with Crippen LogP contribution < -0.4 is 16.4 Å². The van der Waals surface area contributed by atoms with Gasteiger partial charge in [-0.05, 0) is 50.7 Å². The second-order valence-corrected chi connectivity index (χ2v) is 10.5. The maximum atomic E-state index is 14.9. The number of benzene rings is 1. The molecule has 2 fully saturated rings. The minimum Gasteiger partial charge on any atom is -0.453 e. The zero-order valence-electron chi connectivity index (χ0n) is 21.9. The number of likely N-dealkylation sites (tertiary alicyclic amines) is 1. The van der Waals surface area contributed by atoms with E-state index in [-0.39, 0.29) is 46.3 Å². The number of aromatic nitrogens is 4. The van der Waals surface area contributed by atoms with E-state index >= 15 is 0 Å². The smallest absolute Gasteiger partial charge is 0.409 e. The number of nitrogens with zero attached hydrogens (tertiary/aromatic N) is 6. The minimum absolute atomic E-state index is 0.0144. The van der Waals surface area contributed by atoms with E-state index in [0.717, 1.165) is 18.9 Å². The van der Waals surface area contributed by atoms with Crippen LogP contribution in [-0.2, 0) is 9.53 Å². The molecule has 2 aromatic heterocycles. The average molecular weight is 570 g/mol. The van der Waals surface area contributed by atoms with Crippen LogP contribution in [0.25, 0.3) is 11.2 Å². The highest BCUT2D eigenvalue weighted by molar-refractivity contribution is 6.33. The summed E-state index contributed by atoms with van der Waals surface area (Å²) in [6.45, 7) is 1.07. The SMILES string of the molecule is COC(=O)N1CCC[C@@H](Nc2ncc3nc(Nc4c(F)cc(C#N)cc4Cl)n([C@H]4CC[C@@H](C(N)=O)CC4)c3n2)C1. The van der Waals surface area contributed by atoms with Gasteiger partial charge in [-0.3, -0.25) is 9.36 Å². The first-order valence-electron chi connectivity index (χ1n) is 13.1. The number of nitriles is 1. The van der Waals surface area contributed by atoms with E-state index in [4.69, 9.17) is 32.3 Å². The van der Waals surface area contributed by atoms with Crippen molar-refractivity contribution in [3.8, 4) is 6.07 Å². The number of carbonyl (C=O) groups is 2. The second kappa shape index (κ2) is 11.5. The molecule has 14 heteroatoms. The maximum Gasteiger partial charge on any atom is 0.409 e. The summed E-state index contributed by atoms with van der Waals surface area (Å²) < 4.78 is 21.7. The van der Waals surface area contributed by atoms with E-state index in [1.165, 1.54) is 13.2 Å². The molecule has 0 unspecified atom stereocenters. The molecule has 2 aliphatic rings. The highest BCUT2D eigenvalue weighted by Crippen LogP contribution is 2.38. The number of amides is 2. The van der Waals surface area contributed by atoms with Gasteiger partial charge in [0.05, 0.1) is 35.6 Å². The number of hydrogen-bond donors (Lipinski definition) is 3. The molecule has 3 heterocycles.